The summed E-state index contributed by atoms with van der Waals surface area (Å²) in [5.74, 6) is 6.16. The second kappa shape index (κ2) is 8.13. The van der Waals surface area contributed by atoms with Gasteiger partial charge in [-0.3, -0.25) is 0 Å². The molecule has 0 unspecified atom stereocenters. The lowest BCUT2D eigenvalue weighted by Crippen LogP contribution is -1.83. The highest BCUT2D eigenvalue weighted by Crippen LogP contribution is 2.33. The van der Waals surface area contributed by atoms with Crippen LogP contribution in [-0.2, 0) is 6.42 Å². The molecular formula is C18H13Cl2NS. The Kier molecular flexibility index (Phi) is 6.19. The molecule has 0 saturated carbocycles. The molecular weight excluding hydrogens is 333 g/mol. The largest absolute Gasteiger partial charge is 0.192 e. The standard InChI is InChI=1S/C18H13Cl2NS/c1-2-3-13-4-6-14(7-5-13)8-9-15-10-16(19)18(21-12-22)17(20)11-15/h4-7,10-11H,2-3H2,1H3. The van der Waals surface area contributed by atoms with Gasteiger partial charge >= 0.3 is 0 Å². The molecule has 0 aliphatic rings. The smallest absolute Gasteiger partial charge is 0.111 e. The van der Waals surface area contributed by atoms with Gasteiger partial charge in [0.2, 0.25) is 0 Å². The van der Waals surface area contributed by atoms with Crippen LogP contribution in [-0.4, -0.2) is 5.16 Å². The summed E-state index contributed by atoms with van der Waals surface area (Å²) in [5.41, 5.74) is 3.43. The molecule has 2 rings (SSSR count). The summed E-state index contributed by atoms with van der Waals surface area (Å²) in [6.07, 6.45) is 2.22. The van der Waals surface area contributed by atoms with Crippen LogP contribution in [0.15, 0.2) is 41.4 Å². The molecule has 0 heterocycles. The first kappa shape index (κ1) is 16.7. The van der Waals surface area contributed by atoms with E-state index >= 15 is 0 Å². The number of thiocarbonyl (C=S) groups is 1. The lowest BCUT2D eigenvalue weighted by Gasteiger charge is -2.01. The Morgan fingerprint density at radius 3 is 2.14 bits per heavy atom. The maximum absolute atomic E-state index is 6.12. The van der Waals surface area contributed by atoms with E-state index in [1.54, 1.807) is 12.1 Å². The second-order valence-corrected chi connectivity index (χ2v) is 5.69. The third-order valence-electron chi connectivity index (χ3n) is 3.02. The Morgan fingerprint density at radius 2 is 1.59 bits per heavy atom. The number of hydrogen-bond donors (Lipinski definition) is 0. The monoisotopic (exact) mass is 345 g/mol. The first-order valence-corrected chi connectivity index (χ1v) is 7.98. The maximum atomic E-state index is 6.12. The topological polar surface area (TPSA) is 12.4 Å². The molecule has 22 heavy (non-hydrogen) atoms. The van der Waals surface area contributed by atoms with E-state index < -0.39 is 0 Å². The highest BCUT2D eigenvalue weighted by atomic mass is 35.5. The molecule has 0 aliphatic heterocycles. The molecule has 0 radical (unpaired) electrons. The molecule has 0 N–H and O–H groups in total. The highest BCUT2D eigenvalue weighted by Gasteiger charge is 2.06. The van der Waals surface area contributed by atoms with Crippen molar-refractivity contribution in [2.45, 2.75) is 19.8 Å². The van der Waals surface area contributed by atoms with Crippen molar-refractivity contribution in [1.29, 1.82) is 0 Å². The van der Waals surface area contributed by atoms with Crippen LogP contribution >= 0.6 is 35.4 Å². The number of aryl methyl sites for hydroxylation is 1. The van der Waals surface area contributed by atoms with Crippen LogP contribution in [0.1, 0.15) is 30.0 Å². The Balaban J connectivity index is 2.26. The predicted molar refractivity (Wildman–Crippen MR) is 97.6 cm³/mol. The van der Waals surface area contributed by atoms with Crippen molar-refractivity contribution >= 4 is 46.3 Å². The maximum Gasteiger partial charge on any atom is 0.111 e. The van der Waals surface area contributed by atoms with E-state index in [0.717, 1.165) is 24.0 Å². The number of isothiocyanates is 1. The molecule has 0 saturated heterocycles. The Bertz CT molecular complexity index is 756. The van der Waals surface area contributed by atoms with Gasteiger partial charge in [-0.25, -0.2) is 0 Å². The van der Waals surface area contributed by atoms with Crippen LogP contribution in [0.4, 0.5) is 5.69 Å². The highest BCUT2D eigenvalue weighted by molar-refractivity contribution is 7.78. The number of hydrogen-bond acceptors (Lipinski definition) is 2. The van der Waals surface area contributed by atoms with E-state index in [4.69, 9.17) is 23.2 Å². The summed E-state index contributed by atoms with van der Waals surface area (Å²) < 4.78 is 0. The van der Waals surface area contributed by atoms with Gasteiger partial charge in [-0.15, -0.1) is 0 Å². The quantitative estimate of drug-likeness (QED) is 0.373. The molecule has 2 aromatic carbocycles. The van der Waals surface area contributed by atoms with Gasteiger partial charge in [0.05, 0.1) is 15.2 Å². The predicted octanol–water partition coefficient (Wildman–Crippen LogP) is 6.08. The zero-order chi connectivity index (χ0) is 15.9. The van der Waals surface area contributed by atoms with Gasteiger partial charge in [-0.1, -0.05) is 60.5 Å². The Labute approximate surface area is 146 Å². The molecule has 0 aromatic heterocycles. The molecule has 2 aromatic rings. The van der Waals surface area contributed by atoms with Crippen molar-refractivity contribution in [3.05, 3.63) is 63.1 Å². The average molecular weight is 346 g/mol. The van der Waals surface area contributed by atoms with Gasteiger partial charge in [-0.2, -0.15) is 4.99 Å². The van der Waals surface area contributed by atoms with Gasteiger partial charge in [0.15, 0.2) is 0 Å². The number of nitrogens with zero attached hydrogens (tertiary/aromatic N) is 1. The van der Waals surface area contributed by atoms with Gasteiger partial charge in [0, 0.05) is 11.1 Å². The minimum absolute atomic E-state index is 0.410. The molecule has 0 atom stereocenters. The molecule has 1 nitrogen and oxygen atoms in total. The molecule has 0 amide bonds. The van der Waals surface area contributed by atoms with Gasteiger partial charge in [0.1, 0.15) is 5.69 Å². The third-order valence-corrected chi connectivity index (χ3v) is 3.69. The number of halogens is 2. The summed E-state index contributed by atoms with van der Waals surface area (Å²) in [6, 6.07) is 11.7. The number of benzene rings is 2. The van der Waals surface area contributed by atoms with Crippen molar-refractivity contribution in [2.75, 3.05) is 0 Å². The zero-order valence-electron chi connectivity index (χ0n) is 12.0. The lowest BCUT2D eigenvalue weighted by atomic mass is 10.1. The summed E-state index contributed by atoms with van der Waals surface area (Å²) in [5, 5.41) is 3.08. The minimum atomic E-state index is 0.410. The SMILES string of the molecule is CCCc1ccc(C#Cc2cc(Cl)c(N=C=S)c(Cl)c2)cc1. The summed E-state index contributed by atoms with van der Waals surface area (Å²) in [7, 11) is 0. The molecule has 4 heteroatoms. The molecule has 0 fully saturated rings. The lowest BCUT2D eigenvalue weighted by molar-refractivity contribution is 0.922. The Hall–Kier alpha value is -1.62. The van der Waals surface area contributed by atoms with Crippen molar-refractivity contribution in [3.8, 4) is 11.8 Å². The summed E-state index contributed by atoms with van der Waals surface area (Å²) in [4.78, 5) is 3.85. The summed E-state index contributed by atoms with van der Waals surface area (Å²) in [6.45, 7) is 2.17. The fraction of sp³-hybridized carbons (Fsp3) is 0.167. The first-order chi connectivity index (χ1) is 10.6. The van der Waals surface area contributed by atoms with E-state index in [9.17, 15) is 0 Å². The van der Waals surface area contributed by atoms with E-state index in [0.29, 0.717) is 15.7 Å². The van der Waals surface area contributed by atoms with Crippen LogP contribution in [0.25, 0.3) is 0 Å². The Morgan fingerprint density at radius 1 is 1.00 bits per heavy atom. The van der Waals surface area contributed by atoms with E-state index in [1.165, 1.54) is 5.56 Å². The van der Waals surface area contributed by atoms with Crippen LogP contribution in [0.3, 0.4) is 0 Å². The van der Waals surface area contributed by atoms with Gasteiger partial charge in [-0.05, 0) is 48.5 Å². The van der Waals surface area contributed by atoms with Crippen molar-refractivity contribution < 1.29 is 0 Å². The number of aliphatic imine (C=N–C) groups is 1. The van der Waals surface area contributed by atoms with Crippen LogP contribution < -0.4 is 0 Å². The zero-order valence-corrected chi connectivity index (χ0v) is 14.3. The molecule has 110 valence electrons. The molecule has 0 bridgehead atoms. The first-order valence-electron chi connectivity index (χ1n) is 6.82. The van der Waals surface area contributed by atoms with Crippen molar-refractivity contribution in [2.24, 2.45) is 4.99 Å². The van der Waals surface area contributed by atoms with Crippen LogP contribution in [0.5, 0.6) is 0 Å². The third kappa shape index (κ3) is 4.44. The van der Waals surface area contributed by atoms with Crippen LogP contribution in [0, 0.1) is 11.8 Å². The van der Waals surface area contributed by atoms with Crippen molar-refractivity contribution in [3.63, 3.8) is 0 Å². The minimum Gasteiger partial charge on any atom is -0.192 e. The van der Waals surface area contributed by atoms with Gasteiger partial charge in [0.25, 0.3) is 0 Å². The fourth-order valence-corrected chi connectivity index (χ4v) is 2.64. The molecule has 0 aliphatic carbocycles. The van der Waals surface area contributed by atoms with Crippen LogP contribution in [0.2, 0.25) is 10.0 Å². The van der Waals surface area contributed by atoms with Crippen molar-refractivity contribution in [1.82, 2.24) is 0 Å². The van der Waals surface area contributed by atoms with Gasteiger partial charge < -0.3 is 0 Å². The normalized spacial score (nSPS) is 9.59. The second-order valence-electron chi connectivity index (χ2n) is 4.69. The van der Waals surface area contributed by atoms with E-state index in [1.807, 2.05) is 12.1 Å². The fourth-order valence-electron chi connectivity index (χ4n) is 1.98. The summed E-state index contributed by atoms with van der Waals surface area (Å²) >= 11 is 16.8. The van der Waals surface area contributed by atoms with E-state index in [-0.39, 0.29) is 0 Å². The van der Waals surface area contributed by atoms with E-state index in [2.05, 4.69) is 53.3 Å². The average Bonchev–Trinajstić information content (AvgIpc) is 2.50. The molecule has 0 spiro atoms. The number of rotatable bonds is 3.